The van der Waals surface area contributed by atoms with E-state index in [2.05, 4.69) is 25.3 Å². The summed E-state index contributed by atoms with van der Waals surface area (Å²) in [5.41, 5.74) is 3.71. The van der Waals surface area contributed by atoms with Crippen LogP contribution in [0, 0.1) is 0 Å². The molecular formula is C18H13N5O. The van der Waals surface area contributed by atoms with E-state index >= 15 is 0 Å². The van der Waals surface area contributed by atoms with Gasteiger partial charge in [0.15, 0.2) is 0 Å². The van der Waals surface area contributed by atoms with E-state index in [9.17, 15) is 4.79 Å². The van der Waals surface area contributed by atoms with Gasteiger partial charge in [-0.3, -0.25) is 9.78 Å². The molecular weight excluding hydrogens is 302 g/mol. The highest BCUT2D eigenvalue weighted by atomic mass is 16.1. The lowest BCUT2D eigenvalue weighted by molar-refractivity contribution is 0.102. The number of hydrogen-bond donors (Lipinski definition) is 2. The Kier molecular flexibility index (Phi) is 3.47. The number of para-hydroxylation sites is 2. The van der Waals surface area contributed by atoms with Gasteiger partial charge in [0.1, 0.15) is 11.5 Å². The van der Waals surface area contributed by atoms with E-state index in [0.29, 0.717) is 5.69 Å². The highest BCUT2D eigenvalue weighted by Crippen LogP contribution is 2.23. The van der Waals surface area contributed by atoms with Gasteiger partial charge < -0.3 is 10.3 Å². The van der Waals surface area contributed by atoms with Crippen LogP contribution in [-0.2, 0) is 0 Å². The van der Waals surface area contributed by atoms with Crippen LogP contribution in [0.3, 0.4) is 0 Å². The molecule has 2 heterocycles. The van der Waals surface area contributed by atoms with Crippen molar-refractivity contribution in [3.8, 4) is 11.4 Å². The average Bonchev–Trinajstić information content (AvgIpc) is 3.07. The van der Waals surface area contributed by atoms with E-state index in [0.717, 1.165) is 22.4 Å². The molecule has 0 fully saturated rings. The van der Waals surface area contributed by atoms with Crippen molar-refractivity contribution in [2.24, 2.45) is 0 Å². The summed E-state index contributed by atoms with van der Waals surface area (Å²) < 4.78 is 0. The fourth-order valence-corrected chi connectivity index (χ4v) is 2.45. The summed E-state index contributed by atoms with van der Waals surface area (Å²) in [6.45, 7) is 0. The zero-order valence-electron chi connectivity index (χ0n) is 12.6. The molecule has 2 aromatic heterocycles. The van der Waals surface area contributed by atoms with Crippen LogP contribution >= 0.6 is 0 Å². The lowest BCUT2D eigenvalue weighted by Crippen LogP contribution is -2.13. The number of carbonyl (C=O) groups is 1. The molecule has 2 aromatic carbocycles. The first-order chi connectivity index (χ1) is 11.8. The van der Waals surface area contributed by atoms with Crippen molar-refractivity contribution in [2.45, 2.75) is 0 Å². The molecule has 0 aliphatic carbocycles. The van der Waals surface area contributed by atoms with E-state index in [1.54, 1.807) is 0 Å². The number of amides is 1. The van der Waals surface area contributed by atoms with E-state index < -0.39 is 0 Å². The number of aromatic amines is 1. The maximum Gasteiger partial charge on any atom is 0.275 e. The molecule has 0 saturated carbocycles. The van der Waals surface area contributed by atoms with Crippen LogP contribution in [0.15, 0.2) is 67.1 Å². The smallest absolute Gasteiger partial charge is 0.275 e. The lowest BCUT2D eigenvalue weighted by atomic mass is 10.2. The minimum atomic E-state index is -0.301. The van der Waals surface area contributed by atoms with Gasteiger partial charge in [-0.15, -0.1) is 0 Å². The number of benzene rings is 2. The zero-order chi connectivity index (χ0) is 16.4. The van der Waals surface area contributed by atoms with Gasteiger partial charge in [-0.05, 0) is 24.3 Å². The molecule has 4 aromatic rings. The first kappa shape index (κ1) is 14.1. The predicted molar refractivity (Wildman–Crippen MR) is 91.5 cm³/mol. The van der Waals surface area contributed by atoms with E-state index in [-0.39, 0.29) is 11.6 Å². The predicted octanol–water partition coefficient (Wildman–Crippen LogP) is 3.27. The maximum atomic E-state index is 12.2. The van der Waals surface area contributed by atoms with Crippen molar-refractivity contribution in [3.63, 3.8) is 0 Å². The fraction of sp³-hybridized carbons (Fsp3) is 0. The topological polar surface area (TPSA) is 83.6 Å². The second-order valence-corrected chi connectivity index (χ2v) is 5.23. The fourth-order valence-electron chi connectivity index (χ4n) is 2.45. The molecule has 0 aliphatic heterocycles. The zero-order valence-corrected chi connectivity index (χ0v) is 12.6. The molecule has 0 spiro atoms. The number of carbonyl (C=O) groups excluding carboxylic acids is 1. The third kappa shape index (κ3) is 2.72. The lowest BCUT2D eigenvalue weighted by Gasteiger charge is -2.05. The van der Waals surface area contributed by atoms with E-state index in [1.165, 1.54) is 18.6 Å². The van der Waals surface area contributed by atoms with Gasteiger partial charge in [0.25, 0.3) is 5.91 Å². The third-order valence-corrected chi connectivity index (χ3v) is 3.58. The number of nitrogens with one attached hydrogen (secondary N) is 2. The normalized spacial score (nSPS) is 10.7. The molecule has 6 heteroatoms. The monoisotopic (exact) mass is 315 g/mol. The Morgan fingerprint density at radius 1 is 1.04 bits per heavy atom. The Bertz CT molecular complexity index is 977. The summed E-state index contributed by atoms with van der Waals surface area (Å²) >= 11 is 0. The highest BCUT2D eigenvalue weighted by molar-refractivity contribution is 6.02. The Balaban J connectivity index is 1.63. The molecule has 0 radical (unpaired) electrons. The molecule has 116 valence electrons. The highest BCUT2D eigenvalue weighted by Gasteiger charge is 2.09. The van der Waals surface area contributed by atoms with Gasteiger partial charge in [-0.25, -0.2) is 9.97 Å². The van der Waals surface area contributed by atoms with Gasteiger partial charge in [0.2, 0.25) is 0 Å². The first-order valence-corrected chi connectivity index (χ1v) is 7.42. The number of H-pyrrole nitrogens is 1. The average molecular weight is 315 g/mol. The van der Waals surface area contributed by atoms with Crippen molar-refractivity contribution >= 4 is 22.6 Å². The molecule has 2 N–H and O–H groups in total. The van der Waals surface area contributed by atoms with Crippen LogP contribution in [0.25, 0.3) is 22.4 Å². The number of aromatic nitrogens is 4. The van der Waals surface area contributed by atoms with Gasteiger partial charge >= 0.3 is 0 Å². The van der Waals surface area contributed by atoms with E-state index in [1.807, 2.05) is 48.5 Å². The molecule has 0 unspecified atom stereocenters. The number of nitrogens with zero attached hydrogens (tertiary/aromatic N) is 3. The van der Waals surface area contributed by atoms with Gasteiger partial charge in [-0.1, -0.05) is 24.3 Å². The maximum absolute atomic E-state index is 12.2. The Morgan fingerprint density at radius 3 is 2.79 bits per heavy atom. The molecule has 1 amide bonds. The molecule has 0 saturated heterocycles. The molecule has 4 rings (SSSR count). The second-order valence-electron chi connectivity index (χ2n) is 5.23. The standard InChI is InChI=1S/C18H13N5O/c24-18(16-11-19-8-9-20-16)21-13-5-3-4-12(10-13)17-22-14-6-1-2-7-15(14)23-17/h1-11H,(H,21,24)(H,22,23). The van der Waals surface area contributed by atoms with Gasteiger partial charge in [0, 0.05) is 23.6 Å². The minimum Gasteiger partial charge on any atom is -0.338 e. The van der Waals surface area contributed by atoms with Crippen molar-refractivity contribution in [1.82, 2.24) is 19.9 Å². The third-order valence-electron chi connectivity index (χ3n) is 3.58. The van der Waals surface area contributed by atoms with Crippen molar-refractivity contribution in [3.05, 3.63) is 72.8 Å². The second kappa shape index (κ2) is 5.92. The van der Waals surface area contributed by atoms with Crippen molar-refractivity contribution in [1.29, 1.82) is 0 Å². The summed E-state index contributed by atoms with van der Waals surface area (Å²) in [7, 11) is 0. The number of anilines is 1. The van der Waals surface area contributed by atoms with Crippen LogP contribution in [0.4, 0.5) is 5.69 Å². The van der Waals surface area contributed by atoms with Crippen LogP contribution in [0.1, 0.15) is 10.5 Å². The Labute approximate surface area is 137 Å². The van der Waals surface area contributed by atoms with Gasteiger partial charge in [-0.2, -0.15) is 0 Å². The van der Waals surface area contributed by atoms with Crippen molar-refractivity contribution < 1.29 is 4.79 Å². The largest absolute Gasteiger partial charge is 0.338 e. The molecule has 0 bridgehead atoms. The summed E-state index contributed by atoms with van der Waals surface area (Å²) in [4.78, 5) is 27.9. The summed E-state index contributed by atoms with van der Waals surface area (Å²) in [6.07, 6.45) is 4.44. The molecule has 24 heavy (non-hydrogen) atoms. The number of hydrogen-bond acceptors (Lipinski definition) is 4. The van der Waals surface area contributed by atoms with Crippen LogP contribution in [0.5, 0.6) is 0 Å². The summed E-state index contributed by atoms with van der Waals surface area (Å²) in [5.74, 6) is 0.455. The van der Waals surface area contributed by atoms with Crippen LogP contribution in [-0.4, -0.2) is 25.8 Å². The Hall–Kier alpha value is -3.54. The minimum absolute atomic E-state index is 0.270. The molecule has 0 aliphatic rings. The molecule has 6 nitrogen and oxygen atoms in total. The van der Waals surface area contributed by atoms with Crippen molar-refractivity contribution in [2.75, 3.05) is 5.32 Å². The summed E-state index contributed by atoms with van der Waals surface area (Å²) in [6, 6.07) is 15.3. The van der Waals surface area contributed by atoms with Crippen LogP contribution < -0.4 is 5.32 Å². The molecule has 0 atom stereocenters. The quantitative estimate of drug-likeness (QED) is 0.608. The van der Waals surface area contributed by atoms with E-state index in [4.69, 9.17) is 0 Å². The number of rotatable bonds is 3. The SMILES string of the molecule is O=C(Nc1cccc(-c2nc3ccccc3[nH]2)c1)c1cnccn1. The first-order valence-electron chi connectivity index (χ1n) is 7.42. The number of imidazole rings is 1. The van der Waals surface area contributed by atoms with Crippen LogP contribution in [0.2, 0.25) is 0 Å². The Morgan fingerprint density at radius 2 is 1.96 bits per heavy atom. The number of fused-ring (bicyclic) bond motifs is 1. The summed E-state index contributed by atoms with van der Waals surface area (Å²) in [5, 5.41) is 2.82. The van der Waals surface area contributed by atoms with Gasteiger partial charge in [0.05, 0.1) is 17.2 Å².